The molecule has 0 saturated carbocycles. The van der Waals surface area contributed by atoms with Gasteiger partial charge in [0.15, 0.2) is 6.10 Å². The lowest BCUT2D eigenvalue weighted by Gasteiger charge is -2.11. The van der Waals surface area contributed by atoms with E-state index >= 15 is 0 Å². The fraction of sp³-hybridized carbons (Fsp3) is 0.214. The summed E-state index contributed by atoms with van der Waals surface area (Å²) in [5.74, 6) is 0.106. The molecule has 2 heterocycles. The second kappa shape index (κ2) is 5.66. The minimum absolute atomic E-state index is 0.111. The molecule has 0 aliphatic carbocycles. The van der Waals surface area contributed by atoms with Gasteiger partial charge in [0.1, 0.15) is 5.75 Å². The normalized spacial score (nSPS) is 15.9. The number of hydrogen-bond acceptors (Lipinski definition) is 4. The molecule has 3 N–H and O–H groups in total. The van der Waals surface area contributed by atoms with Gasteiger partial charge in [-0.3, -0.25) is 14.7 Å². The van der Waals surface area contributed by atoms with E-state index in [1.54, 1.807) is 6.20 Å². The summed E-state index contributed by atoms with van der Waals surface area (Å²) in [5.41, 5.74) is 1.55. The summed E-state index contributed by atoms with van der Waals surface area (Å²) in [6.07, 6.45) is 2.97. The number of carbonyl (C=O) groups is 2. The number of ether oxygens (including phenoxy) is 1. The standard InChI is InChI=1S/C14H14N4O3/c19-13(18-10-6-16-17-7-10)8-15-14(20)12-5-9-3-1-2-4-11(9)21-12/h1-4,6-7,12H,5,8H2,(H,15,20)(H,16,17)(H,18,19)/t12-/m1/s1. The summed E-state index contributed by atoms with van der Waals surface area (Å²) in [5, 5.41) is 11.5. The van der Waals surface area contributed by atoms with Crippen molar-refractivity contribution in [2.75, 3.05) is 11.9 Å². The molecule has 1 aromatic heterocycles. The summed E-state index contributed by atoms with van der Waals surface area (Å²) in [6.45, 7) is -0.111. The number of carbonyl (C=O) groups excluding carboxylic acids is 2. The lowest BCUT2D eigenvalue weighted by molar-refractivity contribution is -0.129. The van der Waals surface area contributed by atoms with Crippen molar-refractivity contribution in [1.82, 2.24) is 15.5 Å². The Morgan fingerprint density at radius 3 is 3.00 bits per heavy atom. The number of nitrogens with one attached hydrogen (secondary N) is 3. The van der Waals surface area contributed by atoms with Crippen LogP contribution >= 0.6 is 0 Å². The molecular weight excluding hydrogens is 272 g/mol. The fourth-order valence-corrected chi connectivity index (χ4v) is 2.13. The highest BCUT2D eigenvalue weighted by Crippen LogP contribution is 2.27. The Bertz CT molecular complexity index is 629. The van der Waals surface area contributed by atoms with Crippen molar-refractivity contribution in [3.8, 4) is 5.75 Å². The van der Waals surface area contributed by atoms with Gasteiger partial charge in [-0.05, 0) is 11.6 Å². The molecule has 0 saturated heterocycles. The number of fused-ring (bicyclic) bond motifs is 1. The van der Waals surface area contributed by atoms with Crippen molar-refractivity contribution in [3.63, 3.8) is 0 Å². The average molecular weight is 286 g/mol. The Labute approximate surface area is 120 Å². The molecular formula is C14H14N4O3. The number of rotatable bonds is 4. The number of aromatic amines is 1. The third-order valence-electron chi connectivity index (χ3n) is 3.14. The van der Waals surface area contributed by atoms with E-state index in [1.165, 1.54) is 6.20 Å². The number of benzene rings is 1. The average Bonchev–Trinajstić information content (AvgIpc) is 3.13. The van der Waals surface area contributed by atoms with Gasteiger partial charge in [0.2, 0.25) is 5.91 Å². The lowest BCUT2D eigenvalue weighted by Crippen LogP contribution is -2.41. The van der Waals surface area contributed by atoms with Gasteiger partial charge in [-0.1, -0.05) is 18.2 Å². The second-order valence-corrected chi connectivity index (χ2v) is 4.67. The number of para-hydroxylation sites is 1. The molecule has 3 rings (SSSR count). The van der Waals surface area contributed by atoms with Crippen LogP contribution < -0.4 is 15.4 Å². The SMILES string of the molecule is O=C(CNC(=O)[C@H]1Cc2ccccc2O1)Nc1cn[nH]c1. The third kappa shape index (κ3) is 3.02. The summed E-state index contributed by atoms with van der Waals surface area (Å²) in [4.78, 5) is 23.6. The monoisotopic (exact) mass is 286 g/mol. The third-order valence-corrected chi connectivity index (χ3v) is 3.14. The smallest absolute Gasteiger partial charge is 0.261 e. The lowest BCUT2D eigenvalue weighted by atomic mass is 10.1. The summed E-state index contributed by atoms with van der Waals surface area (Å²) in [7, 11) is 0. The molecule has 108 valence electrons. The Hall–Kier alpha value is -2.83. The first-order valence-electron chi connectivity index (χ1n) is 6.53. The van der Waals surface area contributed by atoms with E-state index in [2.05, 4.69) is 20.8 Å². The quantitative estimate of drug-likeness (QED) is 0.761. The highest BCUT2D eigenvalue weighted by atomic mass is 16.5. The van der Waals surface area contributed by atoms with E-state index in [-0.39, 0.29) is 18.4 Å². The number of amides is 2. The van der Waals surface area contributed by atoms with Crippen molar-refractivity contribution >= 4 is 17.5 Å². The van der Waals surface area contributed by atoms with E-state index in [9.17, 15) is 9.59 Å². The molecule has 1 aliphatic heterocycles. The molecule has 1 aromatic carbocycles. The van der Waals surface area contributed by atoms with Gasteiger partial charge in [-0.25, -0.2) is 0 Å². The van der Waals surface area contributed by atoms with E-state index < -0.39 is 6.10 Å². The second-order valence-electron chi connectivity index (χ2n) is 4.67. The molecule has 7 heteroatoms. The Balaban J connectivity index is 1.48. The van der Waals surface area contributed by atoms with Gasteiger partial charge in [-0.2, -0.15) is 5.10 Å². The molecule has 21 heavy (non-hydrogen) atoms. The van der Waals surface area contributed by atoms with Crippen LogP contribution in [0.4, 0.5) is 5.69 Å². The fourth-order valence-electron chi connectivity index (χ4n) is 2.13. The molecule has 0 fully saturated rings. The van der Waals surface area contributed by atoms with E-state index in [0.717, 1.165) is 11.3 Å². The molecule has 0 spiro atoms. The first-order valence-corrected chi connectivity index (χ1v) is 6.53. The van der Waals surface area contributed by atoms with Crippen molar-refractivity contribution < 1.29 is 14.3 Å². The molecule has 2 amide bonds. The van der Waals surface area contributed by atoms with Gasteiger partial charge in [-0.15, -0.1) is 0 Å². The van der Waals surface area contributed by atoms with Crippen LogP contribution in [0.15, 0.2) is 36.7 Å². The van der Waals surface area contributed by atoms with Crippen LogP contribution in [-0.2, 0) is 16.0 Å². The first kappa shape index (κ1) is 13.2. The molecule has 1 atom stereocenters. The number of nitrogens with zero attached hydrogens (tertiary/aromatic N) is 1. The van der Waals surface area contributed by atoms with Gasteiger partial charge in [0.25, 0.3) is 5.91 Å². The highest BCUT2D eigenvalue weighted by Gasteiger charge is 2.28. The zero-order valence-corrected chi connectivity index (χ0v) is 11.1. The Kier molecular flexibility index (Phi) is 3.55. The van der Waals surface area contributed by atoms with E-state index in [0.29, 0.717) is 12.1 Å². The minimum atomic E-state index is -0.580. The number of anilines is 1. The molecule has 2 aromatic rings. The summed E-state index contributed by atoms with van der Waals surface area (Å²) >= 11 is 0. The molecule has 0 bridgehead atoms. The molecule has 0 radical (unpaired) electrons. The van der Waals surface area contributed by atoms with Crippen LogP contribution in [0, 0.1) is 0 Å². The predicted molar refractivity (Wildman–Crippen MR) is 74.8 cm³/mol. The molecule has 0 unspecified atom stereocenters. The van der Waals surface area contributed by atoms with Crippen LogP contribution in [0.5, 0.6) is 5.75 Å². The molecule has 1 aliphatic rings. The number of hydrogen-bond donors (Lipinski definition) is 3. The van der Waals surface area contributed by atoms with Crippen LogP contribution in [0.2, 0.25) is 0 Å². The zero-order valence-electron chi connectivity index (χ0n) is 11.1. The maximum absolute atomic E-state index is 12.0. The van der Waals surface area contributed by atoms with Crippen molar-refractivity contribution in [3.05, 3.63) is 42.2 Å². The van der Waals surface area contributed by atoms with Crippen LogP contribution in [0.1, 0.15) is 5.56 Å². The number of aromatic nitrogens is 2. The van der Waals surface area contributed by atoms with Crippen molar-refractivity contribution in [2.45, 2.75) is 12.5 Å². The largest absolute Gasteiger partial charge is 0.480 e. The molecule has 7 nitrogen and oxygen atoms in total. The summed E-state index contributed by atoms with van der Waals surface area (Å²) < 4.78 is 5.55. The first-order chi connectivity index (χ1) is 10.2. The van der Waals surface area contributed by atoms with Crippen molar-refractivity contribution in [2.24, 2.45) is 0 Å². The van der Waals surface area contributed by atoms with Gasteiger partial charge >= 0.3 is 0 Å². The number of H-pyrrole nitrogens is 1. The minimum Gasteiger partial charge on any atom is -0.480 e. The van der Waals surface area contributed by atoms with Gasteiger partial charge in [0.05, 0.1) is 18.4 Å². The van der Waals surface area contributed by atoms with Gasteiger partial charge in [0, 0.05) is 12.6 Å². The van der Waals surface area contributed by atoms with Crippen molar-refractivity contribution in [1.29, 1.82) is 0 Å². The summed E-state index contributed by atoms with van der Waals surface area (Å²) in [6, 6.07) is 7.51. The highest BCUT2D eigenvalue weighted by molar-refractivity contribution is 5.95. The van der Waals surface area contributed by atoms with Crippen LogP contribution in [0.3, 0.4) is 0 Å². The maximum Gasteiger partial charge on any atom is 0.261 e. The Morgan fingerprint density at radius 2 is 2.24 bits per heavy atom. The van der Waals surface area contributed by atoms with Gasteiger partial charge < -0.3 is 15.4 Å². The Morgan fingerprint density at radius 1 is 1.38 bits per heavy atom. The van der Waals surface area contributed by atoms with Crippen LogP contribution in [0.25, 0.3) is 0 Å². The van der Waals surface area contributed by atoms with Crippen LogP contribution in [-0.4, -0.2) is 34.7 Å². The van der Waals surface area contributed by atoms with E-state index in [4.69, 9.17) is 4.74 Å². The maximum atomic E-state index is 12.0. The predicted octanol–water partition coefficient (Wildman–Crippen LogP) is 0.468. The van der Waals surface area contributed by atoms with E-state index in [1.807, 2.05) is 24.3 Å². The topological polar surface area (TPSA) is 96.1 Å². The zero-order chi connectivity index (χ0) is 14.7.